The van der Waals surface area contributed by atoms with Crippen LogP contribution in [-0.2, 0) is 10.0 Å². The number of fused-ring (bicyclic) bond motifs is 1. The second kappa shape index (κ2) is 4.99. The number of hydrogen-bond acceptors (Lipinski definition) is 5. The molecule has 0 aliphatic heterocycles. The van der Waals surface area contributed by atoms with Crippen LogP contribution in [0.4, 0.5) is 5.13 Å². The van der Waals surface area contributed by atoms with Crippen molar-refractivity contribution in [3.05, 3.63) is 39.5 Å². The van der Waals surface area contributed by atoms with Gasteiger partial charge in [0.25, 0.3) is 10.0 Å². The minimum absolute atomic E-state index is 0.0840. The SMILES string of the molecule is O=S(=O)(Nc1ncc(Br)s1)c1c(Cl)nc2ccccn12. The van der Waals surface area contributed by atoms with Crippen LogP contribution in [-0.4, -0.2) is 22.8 Å². The Morgan fingerprint density at radius 2 is 2.20 bits per heavy atom. The molecule has 3 rings (SSSR count). The van der Waals surface area contributed by atoms with Crippen molar-refractivity contribution in [2.45, 2.75) is 5.03 Å². The molecule has 3 heterocycles. The Kier molecular flexibility index (Phi) is 3.44. The Balaban J connectivity index is 2.11. The van der Waals surface area contributed by atoms with Crippen molar-refractivity contribution in [2.75, 3.05) is 4.72 Å². The second-order valence-electron chi connectivity index (χ2n) is 3.71. The first kappa shape index (κ1) is 13.8. The lowest BCUT2D eigenvalue weighted by Crippen LogP contribution is -2.15. The smallest absolute Gasteiger partial charge is 0.282 e. The zero-order valence-corrected chi connectivity index (χ0v) is 13.6. The summed E-state index contributed by atoms with van der Waals surface area (Å²) in [7, 11) is -3.87. The van der Waals surface area contributed by atoms with Crippen LogP contribution in [0.1, 0.15) is 0 Å². The van der Waals surface area contributed by atoms with Gasteiger partial charge in [0.1, 0.15) is 5.65 Å². The number of nitrogens with one attached hydrogen (secondary N) is 1. The van der Waals surface area contributed by atoms with Gasteiger partial charge in [-0.2, -0.15) is 8.42 Å². The van der Waals surface area contributed by atoms with Crippen molar-refractivity contribution in [1.29, 1.82) is 0 Å². The molecule has 0 atom stereocenters. The average Bonchev–Trinajstić information content (AvgIpc) is 2.91. The summed E-state index contributed by atoms with van der Waals surface area (Å²) in [6.45, 7) is 0. The highest BCUT2D eigenvalue weighted by Gasteiger charge is 2.25. The molecule has 0 bridgehead atoms. The van der Waals surface area contributed by atoms with Crippen LogP contribution in [0.15, 0.2) is 39.4 Å². The Morgan fingerprint density at radius 1 is 1.40 bits per heavy atom. The topological polar surface area (TPSA) is 76.4 Å². The van der Waals surface area contributed by atoms with Crippen molar-refractivity contribution in [3.8, 4) is 0 Å². The van der Waals surface area contributed by atoms with Gasteiger partial charge in [-0.15, -0.1) is 0 Å². The number of rotatable bonds is 3. The first-order chi connectivity index (χ1) is 9.47. The standard InChI is InChI=1S/C10H6BrClN4O2S2/c11-6-5-13-10(19-6)15-20(17,18)9-8(12)14-7-3-1-2-4-16(7)9/h1-5H,(H,13,15). The van der Waals surface area contributed by atoms with Gasteiger partial charge >= 0.3 is 0 Å². The van der Waals surface area contributed by atoms with Crippen LogP contribution in [0.2, 0.25) is 5.15 Å². The first-order valence-electron chi connectivity index (χ1n) is 5.24. The van der Waals surface area contributed by atoms with Gasteiger partial charge in [-0.1, -0.05) is 29.0 Å². The molecule has 20 heavy (non-hydrogen) atoms. The molecule has 3 aromatic heterocycles. The summed E-state index contributed by atoms with van der Waals surface area (Å²) in [6, 6.07) is 5.12. The maximum Gasteiger partial charge on any atom is 0.282 e. The molecule has 1 N–H and O–H groups in total. The van der Waals surface area contributed by atoms with E-state index in [1.165, 1.54) is 21.9 Å². The molecule has 0 aliphatic carbocycles. The fourth-order valence-electron chi connectivity index (χ4n) is 1.65. The molecule has 0 spiro atoms. The van der Waals surface area contributed by atoms with E-state index in [0.29, 0.717) is 5.65 Å². The monoisotopic (exact) mass is 392 g/mol. The fourth-order valence-corrected chi connectivity index (χ4v) is 4.65. The van der Waals surface area contributed by atoms with E-state index in [4.69, 9.17) is 11.6 Å². The number of anilines is 1. The Labute approximate surface area is 131 Å². The molecule has 10 heteroatoms. The predicted octanol–water partition coefficient (Wildman–Crippen LogP) is 3.01. The molecule has 0 aliphatic rings. The van der Waals surface area contributed by atoms with Crippen LogP contribution in [0.25, 0.3) is 5.65 Å². The van der Waals surface area contributed by atoms with E-state index in [1.807, 2.05) is 0 Å². The Bertz CT molecular complexity index is 890. The highest BCUT2D eigenvalue weighted by atomic mass is 79.9. The molecule has 0 radical (unpaired) electrons. The zero-order chi connectivity index (χ0) is 14.3. The normalized spacial score (nSPS) is 11.9. The van der Waals surface area contributed by atoms with E-state index in [2.05, 4.69) is 30.6 Å². The van der Waals surface area contributed by atoms with Crippen molar-refractivity contribution >= 4 is 59.7 Å². The molecular weight excluding hydrogens is 388 g/mol. The maximum atomic E-state index is 12.4. The largest absolute Gasteiger partial charge is 0.288 e. The lowest BCUT2D eigenvalue weighted by molar-refractivity contribution is 0.596. The van der Waals surface area contributed by atoms with Gasteiger partial charge in [-0.05, 0) is 28.1 Å². The first-order valence-corrected chi connectivity index (χ1v) is 8.71. The summed E-state index contributed by atoms with van der Waals surface area (Å²) in [4.78, 5) is 7.94. The van der Waals surface area contributed by atoms with Gasteiger partial charge < -0.3 is 0 Å². The van der Waals surface area contributed by atoms with Crippen LogP contribution >= 0.6 is 38.9 Å². The Morgan fingerprint density at radius 3 is 2.90 bits per heavy atom. The predicted molar refractivity (Wildman–Crippen MR) is 80.8 cm³/mol. The van der Waals surface area contributed by atoms with Gasteiger partial charge in [0.2, 0.25) is 0 Å². The van der Waals surface area contributed by atoms with Crippen LogP contribution in [0, 0.1) is 0 Å². The van der Waals surface area contributed by atoms with E-state index in [1.54, 1.807) is 24.4 Å². The maximum absolute atomic E-state index is 12.4. The summed E-state index contributed by atoms with van der Waals surface area (Å²) < 4.78 is 29.3. The molecular formula is C10H6BrClN4O2S2. The van der Waals surface area contributed by atoms with E-state index >= 15 is 0 Å². The summed E-state index contributed by atoms with van der Waals surface area (Å²) in [5.74, 6) is 0. The number of thiazole rings is 1. The number of aromatic nitrogens is 3. The van der Waals surface area contributed by atoms with Crippen LogP contribution in [0.5, 0.6) is 0 Å². The third kappa shape index (κ3) is 2.41. The van der Waals surface area contributed by atoms with E-state index in [-0.39, 0.29) is 15.3 Å². The molecule has 0 unspecified atom stereocenters. The Hall–Kier alpha value is -1.16. The number of imidazole rings is 1. The van der Waals surface area contributed by atoms with Gasteiger partial charge in [0.15, 0.2) is 15.3 Å². The van der Waals surface area contributed by atoms with Crippen molar-refractivity contribution in [2.24, 2.45) is 0 Å². The van der Waals surface area contributed by atoms with Gasteiger partial charge in [0.05, 0.1) is 9.98 Å². The number of nitrogens with zero attached hydrogens (tertiary/aromatic N) is 3. The molecule has 0 amide bonds. The van der Waals surface area contributed by atoms with Gasteiger partial charge in [0, 0.05) is 6.20 Å². The van der Waals surface area contributed by atoms with Crippen molar-refractivity contribution in [3.63, 3.8) is 0 Å². The molecule has 0 saturated heterocycles. The number of hydrogen-bond donors (Lipinski definition) is 1. The lowest BCUT2D eigenvalue weighted by atomic mass is 10.5. The van der Waals surface area contributed by atoms with Gasteiger partial charge in [-0.25, -0.2) is 9.97 Å². The van der Waals surface area contributed by atoms with Crippen LogP contribution < -0.4 is 4.72 Å². The third-order valence-electron chi connectivity index (χ3n) is 2.40. The van der Waals surface area contributed by atoms with E-state index < -0.39 is 10.0 Å². The van der Waals surface area contributed by atoms with Crippen molar-refractivity contribution < 1.29 is 8.42 Å². The quantitative estimate of drug-likeness (QED) is 0.742. The molecule has 104 valence electrons. The summed E-state index contributed by atoms with van der Waals surface area (Å²) in [5, 5.41) is 0.0548. The summed E-state index contributed by atoms with van der Waals surface area (Å²) >= 11 is 10.3. The summed E-state index contributed by atoms with van der Waals surface area (Å²) in [5.41, 5.74) is 0.457. The molecule has 0 fully saturated rings. The average molecular weight is 394 g/mol. The van der Waals surface area contributed by atoms with E-state index in [0.717, 1.165) is 3.79 Å². The molecule has 3 aromatic rings. The second-order valence-corrected chi connectivity index (χ2v) is 8.08. The van der Waals surface area contributed by atoms with Gasteiger partial charge in [-0.3, -0.25) is 9.12 Å². The highest BCUT2D eigenvalue weighted by Crippen LogP contribution is 2.28. The highest BCUT2D eigenvalue weighted by molar-refractivity contribution is 9.11. The zero-order valence-electron chi connectivity index (χ0n) is 9.62. The molecule has 0 saturated carbocycles. The molecule has 6 nitrogen and oxygen atoms in total. The minimum atomic E-state index is -3.87. The number of pyridine rings is 1. The van der Waals surface area contributed by atoms with Crippen molar-refractivity contribution in [1.82, 2.24) is 14.4 Å². The molecule has 0 aromatic carbocycles. The fraction of sp³-hybridized carbons (Fsp3) is 0. The number of halogens is 2. The third-order valence-corrected chi connectivity index (χ3v) is 5.66. The van der Waals surface area contributed by atoms with Crippen LogP contribution in [0.3, 0.4) is 0 Å². The number of sulfonamides is 1. The van der Waals surface area contributed by atoms with E-state index in [9.17, 15) is 8.42 Å². The minimum Gasteiger partial charge on any atom is -0.288 e. The lowest BCUT2D eigenvalue weighted by Gasteiger charge is -2.05. The summed E-state index contributed by atoms with van der Waals surface area (Å²) in [6.07, 6.45) is 3.10.